The summed E-state index contributed by atoms with van der Waals surface area (Å²) in [5.41, 5.74) is 2.64. The second kappa shape index (κ2) is 2.63. The molecule has 0 amide bonds. The lowest BCUT2D eigenvalue weighted by molar-refractivity contribution is 1.47. The topological polar surface area (TPSA) is 0 Å². The molecule has 0 saturated heterocycles. The molecule has 59 valence electrons. The van der Waals surface area contributed by atoms with Gasteiger partial charge in [0.1, 0.15) is 0 Å². The van der Waals surface area contributed by atoms with E-state index in [1.807, 2.05) is 6.07 Å². The third-order valence-electron chi connectivity index (χ3n) is 2.17. The van der Waals surface area contributed by atoms with E-state index >= 15 is 0 Å². The molecule has 0 atom stereocenters. The van der Waals surface area contributed by atoms with Crippen molar-refractivity contribution in [2.24, 2.45) is 0 Å². The molecule has 0 unspecified atom stereocenters. The van der Waals surface area contributed by atoms with Crippen molar-refractivity contribution >= 4 is 10.8 Å². The molecule has 0 heterocycles. The summed E-state index contributed by atoms with van der Waals surface area (Å²) < 4.78 is 0. The van der Waals surface area contributed by atoms with Crippen molar-refractivity contribution < 1.29 is 0 Å². The minimum atomic E-state index is 1.21. The van der Waals surface area contributed by atoms with Crippen molar-refractivity contribution in [2.75, 3.05) is 0 Å². The van der Waals surface area contributed by atoms with Crippen molar-refractivity contribution in [2.45, 2.75) is 13.8 Å². The highest BCUT2D eigenvalue weighted by atomic mass is 14.0. The van der Waals surface area contributed by atoms with Crippen LogP contribution in [0, 0.1) is 19.9 Å². The average Bonchev–Trinajstić information content (AvgIpc) is 2.07. The molecule has 0 aliphatic carbocycles. The zero-order chi connectivity index (χ0) is 8.55. The maximum absolute atomic E-state index is 3.22. The molecule has 1 radical (unpaired) electrons. The second-order valence-corrected chi connectivity index (χ2v) is 3.21. The maximum Gasteiger partial charge on any atom is -0.00990 e. The number of rotatable bonds is 0. The van der Waals surface area contributed by atoms with Gasteiger partial charge in [-0.1, -0.05) is 35.9 Å². The van der Waals surface area contributed by atoms with Gasteiger partial charge in [-0.15, -0.1) is 0 Å². The van der Waals surface area contributed by atoms with Gasteiger partial charge in [0, 0.05) is 0 Å². The normalized spacial score (nSPS) is 10.5. The summed E-state index contributed by atoms with van der Waals surface area (Å²) in [4.78, 5) is 0. The Morgan fingerprint density at radius 3 is 2.75 bits per heavy atom. The van der Waals surface area contributed by atoms with Gasteiger partial charge < -0.3 is 0 Å². The SMILES string of the molecule is Cc1ccc2[c]ccc(C)c2c1. The van der Waals surface area contributed by atoms with Crippen LogP contribution in [0.15, 0.2) is 30.3 Å². The zero-order valence-corrected chi connectivity index (χ0v) is 7.39. The molecule has 2 aromatic carbocycles. The van der Waals surface area contributed by atoms with E-state index < -0.39 is 0 Å². The van der Waals surface area contributed by atoms with Crippen LogP contribution in [0.5, 0.6) is 0 Å². The van der Waals surface area contributed by atoms with E-state index in [1.54, 1.807) is 0 Å². The Kier molecular flexibility index (Phi) is 1.61. The monoisotopic (exact) mass is 155 g/mol. The summed E-state index contributed by atoms with van der Waals surface area (Å²) in [6.07, 6.45) is 0. The third-order valence-corrected chi connectivity index (χ3v) is 2.17. The molecule has 0 nitrogen and oxygen atoms in total. The Bertz CT molecular complexity index is 413. The number of hydrogen-bond acceptors (Lipinski definition) is 0. The third kappa shape index (κ3) is 1.10. The predicted octanol–water partition coefficient (Wildman–Crippen LogP) is 3.26. The average molecular weight is 155 g/mol. The highest BCUT2D eigenvalue weighted by Gasteiger charge is 1.95. The van der Waals surface area contributed by atoms with Gasteiger partial charge in [-0.25, -0.2) is 0 Å². The summed E-state index contributed by atoms with van der Waals surface area (Å²) in [7, 11) is 0. The van der Waals surface area contributed by atoms with E-state index in [2.05, 4.69) is 44.2 Å². The van der Waals surface area contributed by atoms with Crippen LogP contribution in [0.1, 0.15) is 11.1 Å². The summed E-state index contributed by atoms with van der Waals surface area (Å²) in [5, 5.41) is 2.53. The first-order valence-corrected chi connectivity index (χ1v) is 4.15. The number of fused-ring (bicyclic) bond motifs is 1. The molecule has 0 spiro atoms. The fourth-order valence-corrected chi connectivity index (χ4v) is 1.46. The molecule has 0 N–H and O–H groups in total. The van der Waals surface area contributed by atoms with Crippen LogP contribution >= 0.6 is 0 Å². The Labute approximate surface area is 72.8 Å². The molecule has 0 aliphatic rings. The lowest BCUT2D eigenvalue weighted by Crippen LogP contribution is -1.79. The van der Waals surface area contributed by atoms with Crippen LogP contribution in [-0.4, -0.2) is 0 Å². The number of hydrogen-bond donors (Lipinski definition) is 0. The van der Waals surface area contributed by atoms with E-state index in [0.717, 1.165) is 0 Å². The first-order valence-electron chi connectivity index (χ1n) is 4.15. The molecular weight excluding hydrogens is 144 g/mol. The number of aryl methyl sites for hydroxylation is 2. The molecule has 12 heavy (non-hydrogen) atoms. The molecule has 0 heteroatoms. The second-order valence-electron chi connectivity index (χ2n) is 3.21. The smallest absolute Gasteiger partial charge is 0.00990 e. The minimum absolute atomic E-state index is 1.21. The van der Waals surface area contributed by atoms with Gasteiger partial charge in [0.15, 0.2) is 0 Å². The molecule has 0 aliphatic heterocycles. The van der Waals surface area contributed by atoms with Crippen molar-refractivity contribution in [1.29, 1.82) is 0 Å². The standard InChI is InChI=1S/C12H11/c1-9-6-7-11-5-3-4-10(2)12(11)8-9/h3-4,6-8H,1-2H3. The first-order chi connectivity index (χ1) is 5.77. The van der Waals surface area contributed by atoms with Gasteiger partial charge in [-0.05, 0) is 36.2 Å². The van der Waals surface area contributed by atoms with Gasteiger partial charge in [0.25, 0.3) is 0 Å². The van der Waals surface area contributed by atoms with Gasteiger partial charge >= 0.3 is 0 Å². The van der Waals surface area contributed by atoms with Crippen molar-refractivity contribution in [3.63, 3.8) is 0 Å². The number of benzene rings is 2. The van der Waals surface area contributed by atoms with Crippen LogP contribution in [-0.2, 0) is 0 Å². The summed E-state index contributed by atoms with van der Waals surface area (Å²) in [5.74, 6) is 0. The van der Waals surface area contributed by atoms with Crippen LogP contribution < -0.4 is 0 Å². The highest BCUT2D eigenvalue weighted by molar-refractivity contribution is 5.85. The lowest BCUT2D eigenvalue weighted by atomic mass is 10.0. The summed E-state index contributed by atoms with van der Waals surface area (Å²) >= 11 is 0. The zero-order valence-electron chi connectivity index (χ0n) is 7.39. The van der Waals surface area contributed by atoms with Crippen LogP contribution in [0.25, 0.3) is 10.8 Å². The lowest BCUT2D eigenvalue weighted by Gasteiger charge is -2.01. The quantitative estimate of drug-likeness (QED) is 0.547. The van der Waals surface area contributed by atoms with Crippen LogP contribution in [0.3, 0.4) is 0 Å². The van der Waals surface area contributed by atoms with Crippen molar-refractivity contribution in [1.82, 2.24) is 0 Å². The summed E-state index contributed by atoms with van der Waals surface area (Å²) in [6, 6.07) is 13.8. The van der Waals surface area contributed by atoms with E-state index in [-0.39, 0.29) is 0 Å². The Hall–Kier alpha value is -1.30. The minimum Gasteiger partial charge on any atom is -0.0587 e. The highest BCUT2D eigenvalue weighted by Crippen LogP contribution is 2.18. The van der Waals surface area contributed by atoms with E-state index in [1.165, 1.54) is 21.9 Å². The molecule has 2 rings (SSSR count). The van der Waals surface area contributed by atoms with Gasteiger partial charge in [0.05, 0.1) is 0 Å². The summed E-state index contributed by atoms with van der Waals surface area (Å²) in [6.45, 7) is 4.25. The predicted molar refractivity (Wildman–Crippen MR) is 52.3 cm³/mol. The van der Waals surface area contributed by atoms with E-state index in [0.29, 0.717) is 0 Å². The molecule has 2 aromatic rings. The molecule has 0 aromatic heterocycles. The van der Waals surface area contributed by atoms with Crippen LogP contribution in [0.2, 0.25) is 0 Å². The Balaban J connectivity index is 2.88. The van der Waals surface area contributed by atoms with Gasteiger partial charge in [-0.2, -0.15) is 0 Å². The van der Waals surface area contributed by atoms with E-state index in [9.17, 15) is 0 Å². The first kappa shape index (κ1) is 7.35. The fraction of sp³-hybridized carbons (Fsp3) is 0.167. The molecule has 0 bridgehead atoms. The fourth-order valence-electron chi connectivity index (χ4n) is 1.46. The Morgan fingerprint density at radius 2 is 1.92 bits per heavy atom. The van der Waals surface area contributed by atoms with Gasteiger partial charge in [0.2, 0.25) is 0 Å². The van der Waals surface area contributed by atoms with Gasteiger partial charge in [-0.3, -0.25) is 0 Å². The molecular formula is C12H11. The molecule has 0 fully saturated rings. The molecule has 0 saturated carbocycles. The van der Waals surface area contributed by atoms with E-state index in [4.69, 9.17) is 0 Å². The largest absolute Gasteiger partial charge is 0.0587 e. The Morgan fingerprint density at radius 1 is 1.08 bits per heavy atom. The maximum atomic E-state index is 3.22. The van der Waals surface area contributed by atoms with Crippen molar-refractivity contribution in [3.8, 4) is 0 Å². The van der Waals surface area contributed by atoms with Crippen LogP contribution in [0.4, 0.5) is 0 Å². The van der Waals surface area contributed by atoms with Crippen molar-refractivity contribution in [3.05, 3.63) is 47.5 Å².